The second kappa shape index (κ2) is 9.28. The van der Waals surface area contributed by atoms with Gasteiger partial charge in [-0.05, 0) is 50.5 Å². The monoisotopic (exact) mass is 492 g/mol. The predicted octanol–water partition coefficient (Wildman–Crippen LogP) is 4.97. The van der Waals surface area contributed by atoms with Gasteiger partial charge in [0.05, 0.1) is 34.6 Å². The van der Waals surface area contributed by atoms with Crippen molar-refractivity contribution in [3.63, 3.8) is 0 Å². The van der Waals surface area contributed by atoms with E-state index in [4.69, 9.17) is 4.98 Å². The molecule has 1 fully saturated rings. The molecule has 1 saturated carbocycles. The molecule has 186 valence electrons. The normalized spacial score (nSPS) is 13.5. The summed E-state index contributed by atoms with van der Waals surface area (Å²) in [5.74, 6) is 0.684. The number of fused-ring (bicyclic) bond motifs is 2. The van der Waals surface area contributed by atoms with Gasteiger partial charge in [0.2, 0.25) is 0 Å². The molecule has 0 bridgehead atoms. The summed E-state index contributed by atoms with van der Waals surface area (Å²) in [6, 6.07) is 19.1. The summed E-state index contributed by atoms with van der Waals surface area (Å²) in [5, 5.41) is 5.82. The minimum absolute atomic E-state index is 0.120. The molecular weight excluding hydrogens is 464 g/mol. The average molecular weight is 493 g/mol. The molecule has 3 aromatic heterocycles. The van der Waals surface area contributed by atoms with Crippen molar-refractivity contribution in [2.24, 2.45) is 0 Å². The molecule has 1 aliphatic rings. The second-order valence-electron chi connectivity index (χ2n) is 9.97. The third kappa shape index (κ3) is 4.50. The molecule has 0 atom stereocenters. The maximum atomic E-state index is 14.2. The zero-order valence-corrected chi connectivity index (χ0v) is 20.9. The van der Waals surface area contributed by atoms with E-state index in [0.29, 0.717) is 34.8 Å². The first-order valence-corrected chi connectivity index (χ1v) is 12.7. The molecule has 1 aliphatic carbocycles. The maximum Gasteiger partial charge on any atom is 0.258 e. The molecule has 0 radical (unpaired) electrons. The van der Waals surface area contributed by atoms with Gasteiger partial charge in [-0.2, -0.15) is 5.10 Å². The highest BCUT2D eigenvalue weighted by molar-refractivity contribution is 6.05. The van der Waals surface area contributed by atoms with Gasteiger partial charge in [-0.15, -0.1) is 0 Å². The first-order chi connectivity index (χ1) is 18.0. The van der Waals surface area contributed by atoms with Crippen LogP contribution in [-0.2, 0) is 13.1 Å². The fourth-order valence-electron chi connectivity index (χ4n) is 4.74. The Balaban J connectivity index is 1.44. The molecule has 0 unspecified atom stereocenters. The summed E-state index contributed by atoms with van der Waals surface area (Å²) in [6.45, 7) is 4.65. The molecule has 0 aliphatic heterocycles. The molecule has 0 saturated heterocycles. The minimum Gasteiger partial charge on any atom is -0.327 e. The van der Waals surface area contributed by atoms with Crippen LogP contribution in [0.3, 0.4) is 0 Å². The predicted molar refractivity (Wildman–Crippen MR) is 142 cm³/mol. The fourth-order valence-corrected chi connectivity index (χ4v) is 4.74. The number of benzene rings is 2. The lowest BCUT2D eigenvalue weighted by atomic mass is 10.1. The zero-order valence-electron chi connectivity index (χ0n) is 20.9. The van der Waals surface area contributed by atoms with Crippen molar-refractivity contribution in [3.05, 3.63) is 99.9 Å². The van der Waals surface area contributed by atoms with Crippen LogP contribution in [0, 0.1) is 0 Å². The zero-order chi connectivity index (χ0) is 25.5. The van der Waals surface area contributed by atoms with Gasteiger partial charge in [0.15, 0.2) is 5.65 Å². The van der Waals surface area contributed by atoms with Crippen LogP contribution >= 0.6 is 0 Å². The molecule has 2 aromatic carbocycles. The Morgan fingerprint density at radius 1 is 1.03 bits per heavy atom. The summed E-state index contributed by atoms with van der Waals surface area (Å²) < 4.78 is 1.88. The maximum absolute atomic E-state index is 14.2. The standard InChI is InChI=1S/C29H28N6O2/c1-18(2)35-27-23(15-30-35)22(14-25(32-27)20-12-13-20)29(37)34(16-19-8-4-3-5-9-19)17-26-31-24-11-7-6-10-21(24)28(36)33-26/h3-11,14-15,18,20H,12-13,16-17H2,1-2H3,(H,31,33,36). The van der Waals surface area contributed by atoms with E-state index in [-0.39, 0.29) is 24.1 Å². The largest absolute Gasteiger partial charge is 0.327 e. The number of amides is 1. The van der Waals surface area contributed by atoms with Crippen molar-refractivity contribution in [1.82, 2.24) is 29.6 Å². The van der Waals surface area contributed by atoms with Gasteiger partial charge in [-0.3, -0.25) is 9.59 Å². The smallest absolute Gasteiger partial charge is 0.258 e. The van der Waals surface area contributed by atoms with E-state index in [1.54, 1.807) is 17.2 Å². The highest BCUT2D eigenvalue weighted by atomic mass is 16.2. The van der Waals surface area contributed by atoms with Crippen LogP contribution in [0.2, 0.25) is 0 Å². The van der Waals surface area contributed by atoms with E-state index in [9.17, 15) is 9.59 Å². The summed E-state index contributed by atoms with van der Waals surface area (Å²) in [4.78, 5) is 41.1. The lowest BCUT2D eigenvalue weighted by Gasteiger charge is -2.23. The summed E-state index contributed by atoms with van der Waals surface area (Å²) >= 11 is 0. The molecule has 37 heavy (non-hydrogen) atoms. The van der Waals surface area contributed by atoms with Crippen molar-refractivity contribution in [2.45, 2.75) is 51.7 Å². The number of aromatic amines is 1. The van der Waals surface area contributed by atoms with Gasteiger partial charge >= 0.3 is 0 Å². The van der Waals surface area contributed by atoms with E-state index < -0.39 is 0 Å². The SMILES string of the molecule is CC(C)n1ncc2c(C(=O)N(Cc3ccccc3)Cc3nc4ccccc4c(=O)[nH]3)cc(C3CC3)nc21. The number of carbonyl (C=O) groups is 1. The number of aromatic nitrogens is 5. The summed E-state index contributed by atoms with van der Waals surface area (Å²) in [6.07, 6.45) is 3.90. The van der Waals surface area contributed by atoms with E-state index in [2.05, 4.69) is 28.9 Å². The van der Waals surface area contributed by atoms with Gasteiger partial charge in [0, 0.05) is 24.2 Å². The Labute approximate surface area is 214 Å². The Hall–Kier alpha value is -4.33. The van der Waals surface area contributed by atoms with Crippen LogP contribution in [0.25, 0.3) is 21.9 Å². The molecule has 1 amide bonds. The van der Waals surface area contributed by atoms with Crippen LogP contribution in [-0.4, -0.2) is 35.5 Å². The van der Waals surface area contributed by atoms with Crippen molar-refractivity contribution >= 4 is 27.8 Å². The van der Waals surface area contributed by atoms with Crippen LogP contribution < -0.4 is 5.56 Å². The number of para-hydroxylation sites is 1. The molecule has 6 rings (SSSR count). The Kier molecular flexibility index (Phi) is 5.79. The van der Waals surface area contributed by atoms with Crippen molar-refractivity contribution in [2.75, 3.05) is 0 Å². The van der Waals surface area contributed by atoms with Crippen LogP contribution in [0.1, 0.15) is 66.1 Å². The third-order valence-corrected chi connectivity index (χ3v) is 6.81. The van der Waals surface area contributed by atoms with Gasteiger partial charge in [-0.25, -0.2) is 14.6 Å². The first kappa shape index (κ1) is 23.1. The van der Waals surface area contributed by atoms with Crippen molar-refractivity contribution in [1.29, 1.82) is 0 Å². The fraction of sp³-hybridized carbons (Fsp3) is 0.276. The average Bonchev–Trinajstić information content (AvgIpc) is 3.66. The number of rotatable bonds is 7. The summed E-state index contributed by atoms with van der Waals surface area (Å²) in [5.41, 5.74) is 3.64. The Morgan fingerprint density at radius 3 is 2.54 bits per heavy atom. The quantitative estimate of drug-likeness (QED) is 0.346. The highest BCUT2D eigenvalue weighted by Crippen LogP contribution is 2.40. The number of H-pyrrole nitrogens is 1. The lowest BCUT2D eigenvalue weighted by molar-refractivity contribution is 0.0727. The highest BCUT2D eigenvalue weighted by Gasteiger charge is 2.30. The second-order valence-corrected chi connectivity index (χ2v) is 9.97. The summed E-state index contributed by atoms with van der Waals surface area (Å²) in [7, 11) is 0. The van der Waals surface area contributed by atoms with Gasteiger partial charge in [-0.1, -0.05) is 42.5 Å². The topological polar surface area (TPSA) is 96.8 Å². The minimum atomic E-state index is -0.215. The number of pyridine rings is 1. The van der Waals surface area contributed by atoms with Gasteiger partial charge in [0.1, 0.15) is 5.82 Å². The van der Waals surface area contributed by atoms with E-state index in [1.165, 1.54) is 0 Å². The molecule has 1 N–H and O–H groups in total. The molecule has 5 aromatic rings. The van der Waals surface area contributed by atoms with E-state index >= 15 is 0 Å². The van der Waals surface area contributed by atoms with Crippen LogP contribution in [0.15, 0.2) is 71.7 Å². The number of nitrogens with zero attached hydrogens (tertiary/aromatic N) is 5. The number of carbonyl (C=O) groups excluding carboxylic acids is 1. The molecule has 8 nitrogen and oxygen atoms in total. The van der Waals surface area contributed by atoms with Crippen LogP contribution in [0.5, 0.6) is 0 Å². The molecular formula is C29H28N6O2. The van der Waals surface area contributed by atoms with Crippen LogP contribution in [0.4, 0.5) is 0 Å². The third-order valence-electron chi connectivity index (χ3n) is 6.81. The van der Waals surface area contributed by atoms with Crippen molar-refractivity contribution in [3.8, 4) is 0 Å². The van der Waals surface area contributed by atoms with Crippen molar-refractivity contribution < 1.29 is 4.79 Å². The van der Waals surface area contributed by atoms with E-state index in [1.807, 2.05) is 59.3 Å². The van der Waals surface area contributed by atoms with Gasteiger partial charge < -0.3 is 9.88 Å². The molecule has 8 heteroatoms. The Bertz CT molecular complexity index is 1670. The van der Waals surface area contributed by atoms with E-state index in [0.717, 1.165) is 35.1 Å². The molecule has 3 heterocycles. The van der Waals surface area contributed by atoms with Gasteiger partial charge in [0.25, 0.3) is 11.5 Å². The first-order valence-electron chi connectivity index (χ1n) is 12.7. The number of nitrogens with one attached hydrogen (secondary N) is 1. The number of hydrogen-bond acceptors (Lipinski definition) is 5. The number of hydrogen-bond donors (Lipinski definition) is 1. The lowest BCUT2D eigenvalue weighted by Crippen LogP contribution is -2.32. The Morgan fingerprint density at radius 2 is 1.78 bits per heavy atom. The molecule has 0 spiro atoms.